The van der Waals surface area contributed by atoms with E-state index in [1.54, 1.807) is 19.3 Å². The molecule has 0 spiro atoms. The van der Waals surface area contributed by atoms with Crippen molar-refractivity contribution in [2.24, 2.45) is 0 Å². The maximum absolute atomic E-state index is 13.1. The lowest BCUT2D eigenvalue weighted by Crippen LogP contribution is -2.32. The molecule has 0 saturated carbocycles. The topological polar surface area (TPSA) is 65.1 Å². The van der Waals surface area contributed by atoms with Gasteiger partial charge in [-0.25, -0.2) is 0 Å². The smallest absolute Gasteiger partial charge is 0.293 e. The molecule has 1 saturated heterocycles. The Morgan fingerprint density at radius 2 is 1.76 bits per heavy atom. The summed E-state index contributed by atoms with van der Waals surface area (Å²) < 4.78 is 17.6. The highest BCUT2D eigenvalue weighted by molar-refractivity contribution is 8.18. The van der Waals surface area contributed by atoms with Crippen LogP contribution in [0.3, 0.4) is 0 Å². The number of carbonyl (C=O) groups excluding carboxylic acids is 2. The number of hydrogen-bond acceptors (Lipinski definition) is 6. The van der Waals surface area contributed by atoms with E-state index in [2.05, 4.69) is 6.58 Å². The van der Waals surface area contributed by atoms with Crippen LogP contribution in [0.5, 0.6) is 17.2 Å². The molecule has 196 valence electrons. The molecule has 1 aliphatic rings. The van der Waals surface area contributed by atoms with E-state index in [1.165, 1.54) is 4.90 Å². The van der Waals surface area contributed by atoms with E-state index in [0.717, 1.165) is 45.3 Å². The van der Waals surface area contributed by atoms with Crippen molar-refractivity contribution in [3.63, 3.8) is 0 Å². The summed E-state index contributed by atoms with van der Waals surface area (Å²) >= 11 is 0.924. The maximum atomic E-state index is 13.1. The Hall–Kier alpha value is -3.97. The van der Waals surface area contributed by atoms with Crippen LogP contribution in [-0.4, -0.2) is 36.3 Å². The molecule has 2 amide bonds. The van der Waals surface area contributed by atoms with Gasteiger partial charge in [0.1, 0.15) is 19.0 Å². The van der Waals surface area contributed by atoms with Gasteiger partial charge in [-0.05, 0) is 78.6 Å². The van der Waals surface area contributed by atoms with Crippen LogP contribution in [0.25, 0.3) is 6.08 Å². The van der Waals surface area contributed by atoms with Gasteiger partial charge in [0.2, 0.25) is 0 Å². The summed E-state index contributed by atoms with van der Waals surface area (Å²) in [7, 11) is 1.58. The van der Waals surface area contributed by atoms with Crippen LogP contribution in [-0.2, 0) is 17.8 Å². The Bertz CT molecular complexity index is 1370. The summed E-state index contributed by atoms with van der Waals surface area (Å²) in [5.74, 6) is 1.60. The summed E-state index contributed by atoms with van der Waals surface area (Å²) in [5.41, 5.74) is 4.75. The third kappa shape index (κ3) is 6.47. The van der Waals surface area contributed by atoms with Gasteiger partial charge < -0.3 is 14.2 Å². The standard InChI is InChI=1S/C31H31NO5S/c1-5-9-25-17-24(18-27(35-4)29(25)37-20-23-10-7-6-8-11-23)19-28-30(33)32(31(34)38-28)14-15-36-26-16-21(2)12-13-22(26)3/h5-8,10-13,16-19H,1,9,14-15,20H2,2-4H3/b28-19-. The predicted octanol–water partition coefficient (Wildman–Crippen LogP) is 6.73. The Morgan fingerprint density at radius 1 is 0.974 bits per heavy atom. The highest BCUT2D eigenvalue weighted by Crippen LogP contribution is 2.37. The number of amides is 2. The monoisotopic (exact) mass is 529 g/mol. The number of aryl methyl sites for hydroxylation is 2. The number of hydrogen-bond donors (Lipinski definition) is 0. The van der Waals surface area contributed by atoms with Crippen molar-refractivity contribution in [3.8, 4) is 17.2 Å². The van der Waals surface area contributed by atoms with Gasteiger partial charge in [0.15, 0.2) is 11.5 Å². The van der Waals surface area contributed by atoms with Crippen molar-refractivity contribution in [2.75, 3.05) is 20.3 Å². The van der Waals surface area contributed by atoms with Crippen molar-refractivity contribution < 1.29 is 23.8 Å². The molecule has 0 bridgehead atoms. The molecule has 0 aromatic heterocycles. The number of imide groups is 1. The van der Waals surface area contributed by atoms with Crippen molar-refractivity contribution in [2.45, 2.75) is 26.9 Å². The molecule has 6 nitrogen and oxygen atoms in total. The second-order valence-electron chi connectivity index (χ2n) is 8.93. The first kappa shape index (κ1) is 27.1. The first-order valence-corrected chi connectivity index (χ1v) is 13.1. The molecule has 0 aliphatic carbocycles. The van der Waals surface area contributed by atoms with Gasteiger partial charge in [-0.1, -0.05) is 48.5 Å². The third-order valence-electron chi connectivity index (χ3n) is 6.05. The van der Waals surface area contributed by atoms with Crippen LogP contribution in [0.4, 0.5) is 4.79 Å². The lowest BCUT2D eigenvalue weighted by molar-refractivity contribution is -0.123. The number of carbonyl (C=O) groups is 2. The van der Waals surface area contributed by atoms with Gasteiger partial charge in [0.05, 0.1) is 18.6 Å². The lowest BCUT2D eigenvalue weighted by Gasteiger charge is -2.16. The van der Waals surface area contributed by atoms with Crippen LogP contribution >= 0.6 is 11.8 Å². The summed E-state index contributed by atoms with van der Waals surface area (Å²) in [4.78, 5) is 27.3. The van der Waals surface area contributed by atoms with Crippen LogP contribution < -0.4 is 14.2 Å². The van der Waals surface area contributed by atoms with Gasteiger partial charge in [-0.15, -0.1) is 6.58 Å². The van der Waals surface area contributed by atoms with Gasteiger partial charge in [0.25, 0.3) is 11.1 Å². The number of rotatable bonds is 11. The number of thioether (sulfide) groups is 1. The normalized spacial score (nSPS) is 14.2. The molecule has 3 aromatic rings. The largest absolute Gasteiger partial charge is 0.493 e. The van der Waals surface area contributed by atoms with Crippen LogP contribution in [0.1, 0.15) is 27.8 Å². The number of nitrogens with zero attached hydrogens (tertiary/aromatic N) is 1. The van der Waals surface area contributed by atoms with E-state index in [-0.39, 0.29) is 24.3 Å². The average molecular weight is 530 g/mol. The SMILES string of the molecule is C=CCc1cc(/C=C2\SC(=O)N(CCOc3cc(C)ccc3C)C2=O)cc(OC)c1OCc1ccccc1. The average Bonchev–Trinajstić information content (AvgIpc) is 3.17. The van der Waals surface area contributed by atoms with Crippen LogP contribution in [0.2, 0.25) is 0 Å². The Kier molecular flexibility index (Phi) is 8.92. The minimum absolute atomic E-state index is 0.173. The summed E-state index contributed by atoms with van der Waals surface area (Å²) in [6.07, 6.45) is 4.06. The summed E-state index contributed by atoms with van der Waals surface area (Å²) in [5, 5.41) is -0.313. The van der Waals surface area contributed by atoms with E-state index in [1.807, 2.05) is 74.5 Å². The van der Waals surface area contributed by atoms with Gasteiger partial charge >= 0.3 is 0 Å². The number of allylic oxidation sites excluding steroid dienone is 1. The molecule has 0 atom stereocenters. The van der Waals surface area contributed by atoms with E-state index in [0.29, 0.717) is 29.4 Å². The number of ether oxygens (including phenoxy) is 3. The molecule has 1 fully saturated rings. The summed E-state index contributed by atoms with van der Waals surface area (Å²) in [6, 6.07) is 19.6. The highest BCUT2D eigenvalue weighted by atomic mass is 32.2. The van der Waals surface area contributed by atoms with Gasteiger partial charge in [-0.3, -0.25) is 14.5 Å². The third-order valence-corrected chi connectivity index (χ3v) is 6.96. The van der Waals surface area contributed by atoms with E-state index >= 15 is 0 Å². The molecule has 3 aromatic carbocycles. The fourth-order valence-electron chi connectivity index (χ4n) is 4.07. The lowest BCUT2D eigenvalue weighted by atomic mass is 10.0. The second-order valence-corrected chi connectivity index (χ2v) is 9.92. The van der Waals surface area contributed by atoms with Gasteiger partial charge in [0, 0.05) is 5.56 Å². The van der Waals surface area contributed by atoms with Crippen molar-refractivity contribution in [1.82, 2.24) is 4.90 Å². The first-order chi connectivity index (χ1) is 18.4. The second kappa shape index (κ2) is 12.5. The molecule has 38 heavy (non-hydrogen) atoms. The maximum Gasteiger partial charge on any atom is 0.293 e. The zero-order chi connectivity index (χ0) is 27.1. The molecular formula is C31H31NO5S. The number of benzene rings is 3. The van der Waals surface area contributed by atoms with Gasteiger partial charge in [-0.2, -0.15) is 0 Å². The van der Waals surface area contributed by atoms with Crippen molar-refractivity contribution >= 4 is 29.0 Å². The molecule has 0 N–H and O–H groups in total. The van der Waals surface area contributed by atoms with Crippen molar-refractivity contribution in [3.05, 3.63) is 106 Å². The minimum atomic E-state index is -0.335. The zero-order valence-corrected chi connectivity index (χ0v) is 22.7. The van der Waals surface area contributed by atoms with Crippen LogP contribution in [0, 0.1) is 13.8 Å². The molecule has 4 rings (SSSR count). The fourth-order valence-corrected chi connectivity index (χ4v) is 4.94. The Labute approximate surface area is 227 Å². The number of methoxy groups -OCH3 is 1. The summed E-state index contributed by atoms with van der Waals surface area (Å²) in [6.45, 7) is 8.61. The van der Waals surface area contributed by atoms with E-state index < -0.39 is 0 Å². The Morgan fingerprint density at radius 3 is 2.50 bits per heavy atom. The predicted molar refractivity (Wildman–Crippen MR) is 152 cm³/mol. The zero-order valence-electron chi connectivity index (χ0n) is 21.9. The van der Waals surface area contributed by atoms with E-state index in [4.69, 9.17) is 14.2 Å². The van der Waals surface area contributed by atoms with Crippen LogP contribution in [0.15, 0.2) is 78.2 Å². The molecule has 1 aliphatic heterocycles. The van der Waals surface area contributed by atoms with Crippen molar-refractivity contribution in [1.29, 1.82) is 0 Å². The molecule has 7 heteroatoms. The molecule has 0 unspecified atom stereocenters. The highest BCUT2D eigenvalue weighted by Gasteiger charge is 2.35. The molecule has 1 heterocycles. The van der Waals surface area contributed by atoms with E-state index in [9.17, 15) is 9.59 Å². The quantitative estimate of drug-likeness (QED) is 0.203. The Balaban J connectivity index is 1.50. The minimum Gasteiger partial charge on any atom is -0.493 e. The fraction of sp³-hybridized carbons (Fsp3) is 0.226. The molecular weight excluding hydrogens is 498 g/mol. The molecule has 0 radical (unpaired) electrons. The first-order valence-electron chi connectivity index (χ1n) is 12.3.